The van der Waals surface area contributed by atoms with Crippen LogP contribution in [-0.4, -0.2) is 4.82 Å². The molecule has 0 saturated carbocycles. The van der Waals surface area contributed by atoms with Crippen molar-refractivity contribution in [3.05, 3.63) is 50.9 Å². The van der Waals surface area contributed by atoms with Crippen molar-refractivity contribution in [1.29, 1.82) is 0 Å². The number of aryl methyl sites for hydroxylation is 1. The molecule has 0 heterocycles. The Kier molecular flexibility index (Phi) is 5.23. The maximum atomic E-state index is 6.40. The van der Waals surface area contributed by atoms with E-state index in [0.29, 0.717) is 0 Å². The number of rotatable bonds is 3. The molecule has 0 radical (unpaired) electrons. The van der Waals surface area contributed by atoms with Gasteiger partial charge in [0.25, 0.3) is 0 Å². The summed E-state index contributed by atoms with van der Waals surface area (Å²) >= 11 is -1.97. The van der Waals surface area contributed by atoms with Crippen LogP contribution in [0, 0.1) is 12.3 Å². The standard InChI is InChI=1S/C11H16O.C9H13.CH2.Ti/c1-8-5-9(11(2,3)4)7-10(12)6-8;1-9(2,3)8-6-4-5-7-8;;/h5-7,12H,1-4H3;4,6H,5H2,1-3H3;1H2;/q;;;+1/p-1. The van der Waals surface area contributed by atoms with E-state index in [9.17, 15) is 0 Å². The molecule has 1 aromatic carbocycles. The van der Waals surface area contributed by atoms with Crippen LogP contribution in [-0.2, 0) is 23.2 Å². The fourth-order valence-corrected chi connectivity index (χ4v) is 5.46. The van der Waals surface area contributed by atoms with Gasteiger partial charge in [-0.1, -0.05) is 0 Å². The Morgan fingerprint density at radius 3 is 2.22 bits per heavy atom. The topological polar surface area (TPSA) is 9.23 Å². The number of hydrogen-bond donors (Lipinski definition) is 0. The zero-order valence-electron chi connectivity index (χ0n) is 15.7. The number of allylic oxidation sites excluding steroid dienone is 4. The van der Waals surface area contributed by atoms with Crippen LogP contribution in [0.4, 0.5) is 0 Å². The molecule has 1 aromatic rings. The summed E-state index contributed by atoms with van der Waals surface area (Å²) in [6.07, 6.45) is 5.55. The molecule has 124 valence electrons. The van der Waals surface area contributed by atoms with E-state index in [2.05, 4.69) is 83.6 Å². The van der Waals surface area contributed by atoms with Gasteiger partial charge in [0.2, 0.25) is 0 Å². The van der Waals surface area contributed by atoms with E-state index in [1.54, 1.807) is 0 Å². The molecule has 2 heteroatoms. The Hall–Kier alpha value is -0.916. The summed E-state index contributed by atoms with van der Waals surface area (Å²) in [7, 11) is 0. The molecule has 1 aliphatic rings. The molecule has 0 saturated heterocycles. The summed E-state index contributed by atoms with van der Waals surface area (Å²) in [4.78, 5) is 4.45. The Morgan fingerprint density at radius 2 is 1.65 bits per heavy atom. The van der Waals surface area contributed by atoms with Crippen molar-refractivity contribution in [2.24, 2.45) is 5.41 Å². The quantitative estimate of drug-likeness (QED) is 0.620. The Labute approximate surface area is 148 Å². The molecule has 0 bridgehead atoms. The Morgan fingerprint density at radius 1 is 1.00 bits per heavy atom. The van der Waals surface area contributed by atoms with Gasteiger partial charge in [-0.15, -0.1) is 0 Å². The summed E-state index contributed by atoms with van der Waals surface area (Å²) in [5.41, 5.74) is 4.33. The average molecular weight is 346 g/mol. The molecular weight excluding hydrogens is 316 g/mol. The SMILES string of the molecule is [CH2]=[Ti]([O]c1cc(C)cc(C(C)(C)C)c1)[C]1=C(C(C)(C)C)C=CC1. The summed E-state index contributed by atoms with van der Waals surface area (Å²) in [6.45, 7) is 15.7. The van der Waals surface area contributed by atoms with Crippen molar-refractivity contribution in [2.75, 3.05) is 0 Å². The van der Waals surface area contributed by atoms with Crippen molar-refractivity contribution in [3.63, 3.8) is 0 Å². The normalized spacial score (nSPS) is 15.3. The summed E-state index contributed by atoms with van der Waals surface area (Å²) in [5, 5.41) is 0. The van der Waals surface area contributed by atoms with Crippen LogP contribution < -0.4 is 3.32 Å². The Bertz CT molecular complexity index is 679. The monoisotopic (exact) mass is 346 g/mol. The maximum absolute atomic E-state index is 6.40. The van der Waals surface area contributed by atoms with Gasteiger partial charge in [0.1, 0.15) is 0 Å². The van der Waals surface area contributed by atoms with E-state index >= 15 is 0 Å². The third-order valence-corrected chi connectivity index (χ3v) is 6.78. The zero-order valence-corrected chi connectivity index (χ0v) is 17.3. The van der Waals surface area contributed by atoms with E-state index in [4.69, 9.17) is 3.32 Å². The van der Waals surface area contributed by atoms with Crippen molar-refractivity contribution < 1.29 is 21.1 Å². The molecule has 0 amide bonds. The first-order valence-corrected chi connectivity index (χ1v) is 10.9. The van der Waals surface area contributed by atoms with Crippen molar-refractivity contribution in [3.8, 4) is 5.75 Å². The summed E-state index contributed by atoms with van der Waals surface area (Å²) in [5.74, 6) is 0.993. The molecular formula is C21H30OTi. The Balaban J connectivity index is 2.30. The second-order valence-electron chi connectivity index (χ2n) is 8.56. The van der Waals surface area contributed by atoms with E-state index in [1.165, 1.54) is 20.6 Å². The van der Waals surface area contributed by atoms with E-state index in [1.807, 2.05) is 0 Å². The first-order valence-electron chi connectivity index (χ1n) is 8.38. The van der Waals surface area contributed by atoms with Gasteiger partial charge in [-0.2, -0.15) is 0 Å². The second-order valence-corrected chi connectivity index (χ2v) is 11.1. The van der Waals surface area contributed by atoms with Crippen molar-refractivity contribution >= 4 is 4.82 Å². The molecule has 0 aliphatic heterocycles. The second kappa shape index (κ2) is 6.53. The van der Waals surface area contributed by atoms with Gasteiger partial charge in [0.15, 0.2) is 0 Å². The zero-order chi connectivity index (χ0) is 17.4. The molecule has 23 heavy (non-hydrogen) atoms. The van der Waals surface area contributed by atoms with Gasteiger partial charge in [0, 0.05) is 0 Å². The molecule has 0 fully saturated rings. The fraction of sp³-hybridized carbons (Fsp3) is 0.476. The first kappa shape index (κ1) is 18.4. The molecule has 0 N–H and O–H groups in total. The van der Waals surface area contributed by atoms with Crippen molar-refractivity contribution in [2.45, 2.75) is 60.3 Å². The van der Waals surface area contributed by atoms with E-state index < -0.39 is 17.8 Å². The van der Waals surface area contributed by atoms with E-state index in [-0.39, 0.29) is 10.8 Å². The third-order valence-electron chi connectivity index (χ3n) is 4.23. The van der Waals surface area contributed by atoms with Crippen LogP contribution >= 0.6 is 0 Å². The molecule has 0 atom stereocenters. The van der Waals surface area contributed by atoms with Gasteiger partial charge in [0.05, 0.1) is 0 Å². The minimum atomic E-state index is -1.97. The fourth-order valence-electron chi connectivity index (χ4n) is 2.92. The van der Waals surface area contributed by atoms with Crippen LogP contribution in [0.25, 0.3) is 0 Å². The third kappa shape index (κ3) is 4.55. The summed E-state index contributed by atoms with van der Waals surface area (Å²) < 4.78 is 7.87. The number of benzene rings is 1. The van der Waals surface area contributed by atoms with Crippen molar-refractivity contribution in [1.82, 2.24) is 0 Å². The summed E-state index contributed by atoms with van der Waals surface area (Å²) in [6, 6.07) is 6.60. The molecule has 1 nitrogen and oxygen atoms in total. The van der Waals surface area contributed by atoms with Gasteiger partial charge < -0.3 is 0 Å². The number of hydrogen-bond acceptors (Lipinski definition) is 1. The van der Waals surface area contributed by atoms with Gasteiger partial charge in [-0.05, 0) is 0 Å². The molecule has 0 aromatic heterocycles. The molecule has 0 unspecified atom stereocenters. The first-order chi connectivity index (χ1) is 10.5. The van der Waals surface area contributed by atoms with Crippen LogP contribution in [0.1, 0.15) is 59.1 Å². The van der Waals surface area contributed by atoms with Gasteiger partial charge >= 0.3 is 148 Å². The molecule has 1 aliphatic carbocycles. The average Bonchev–Trinajstić information content (AvgIpc) is 2.85. The minimum absolute atomic E-state index is 0.135. The molecule has 2 rings (SSSR count). The van der Waals surface area contributed by atoms with Crippen LogP contribution in [0.15, 0.2) is 39.8 Å². The van der Waals surface area contributed by atoms with E-state index in [0.717, 1.165) is 12.2 Å². The van der Waals surface area contributed by atoms with Gasteiger partial charge in [-0.3, -0.25) is 0 Å². The van der Waals surface area contributed by atoms with Crippen LogP contribution in [0.2, 0.25) is 0 Å². The van der Waals surface area contributed by atoms with Crippen LogP contribution in [0.3, 0.4) is 0 Å². The van der Waals surface area contributed by atoms with Crippen LogP contribution in [0.5, 0.6) is 5.75 Å². The van der Waals surface area contributed by atoms with Gasteiger partial charge in [-0.25, -0.2) is 0 Å². The predicted octanol–water partition coefficient (Wildman–Crippen LogP) is 5.90. The predicted molar refractivity (Wildman–Crippen MR) is 97.9 cm³/mol. The molecule has 0 spiro atoms.